The lowest BCUT2D eigenvalue weighted by atomic mass is 10.1. The van der Waals surface area contributed by atoms with Crippen LogP contribution in [0.15, 0.2) is 42.5 Å². The Morgan fingerprint density at radius 1 is 1.00 bits per heavy atom. The number of anilines is 2. The fraction of sp³-hybridized carbons (Fsp3) is 0.300. The van der Waals surface area contributed by atoms with Crippen molar-refractivity contribution in [1.29, 1.82) is 0 Å². The summed E-state index contributed by atoms with van der Waals surface area (Å²) in [5.74, 6) is -0.404. The van der Waals surface area contributed by atoms with Crippen LogP contribution >= 0.6 is 0 Å². The molecule has 1 unspecified atom stereocenters. The number of nitrogens with one attached hydrogen (secondary N) is 1. The minimum atomic E-state index is -0.323. The highest BCUT2D eigenvalue weighted by atomic mass is 16.2. The molecule has 0 spiro atoms. The van der Waals surface area contributed by atoms with Gasteiger partial charge in [0.2, 0.25) is 11.8 Å². The zero-order valence-electron chi connectivity index (χ0n) is 14.3. The van der Waals surface area contributed by atoms with E-state index in [2.05, 4.69) is 5.32 Å². The molecule has 4 heteroatoms. The van der Waals surface area contributed by atoms with Crippen LogP contribution in [0, 0.1) is 26.7 Å². The first-order chi connectivity index (χ1) is 11.5. The van der Waals surface area contributed by atoms with E-state index in [-0.39, 0.29) is 24.2 Å². The number of carbonyl (C=O) groups is 2. The summed E-state index contributed by atoms with van der Waals surface area (Å²) in [7, 11) is 0. The topological polar surface area (TPSA) is 49.4 Å². The highest BCUT2D eigenvalue weighted by molar-refractivity contribution is 6.04. The van der Waals surface area contributed by atoms with Crippen molar-refractivity contribution in [3.63, 3.8) is 0 Å². The second kappa shape index (κ2) is 6.48. The van der Waals surface area contributed by atoms with E-state index in [9.17, 15) is 9.59 Å². The van der Waals surface area contributed by atoms with Gasteiger partial charge in [-0.25, -0.2) is 0 Å². The third-order valence-electron chi connectivity index (χ3n) is 4.63. The van der Waals surface area contributed by atoms with Gasteiger partial charge in [0.1, 0.15) is 0 Å². The average Bonchev–Trinajstić information content (AvgIpc) is 2.93. The van der Waals surface area contributed by atoms with E-state index in [4.69, 9.17) is 0 Å². The van der Waals surface area contributed by atoms with Crippen molar-refractivity contribution in [2.45, 2.75) is 27.2 Å². The van der Waals surface area contributed by atoms with E-state index in [0.29, 0.717) is 6.54 Å². The monoisotopic (exact) mass is 322 g/mol. The normalized spacial score (nSPS) is 17.2. The molecular weight excluding hydrogens is 300 g/mol. The summed E-state index contributed by atoms with van der Waals surface area (Å²) < 4.78 is 0. The molecule has 2 aromatic carbocycles. The molecule has 2 aromatic rings. The van der Waals surface area contributed by atoms with E-state index in [1.54, 1.807) is 4.90 Å². The lowest BCUT2D eigenvalue weighted by Crippen LogP contribution is -2.28. The molecule has 1 saturated heterocycles. The first kappa shape index (κ1) is 16.2. The Morgan fingerprint density at radius 2 is 1.62 bits per heavy atom. The number of aryl methyl sites for hydroxylation is 3. The number of rotatable bonds is 3. The van der Waals surface area contributed by atoms with Gasteiger partial charge in [0.15, 0.2) is 0 Å². The summed E-state index contributed by atoms with van der Waals surface area (Å²) in [6, 6.07) is 13.7. The summed E-state index contributed by atoms with van der Waals surface area (Å²) in [5, 5.41) is 3.01. The molecule has 0 saturated carbocycles. The fourth-order valence-corrected chi connectivity index (χ4v) is 3.22. The van der Waals surface area contributed by atoms with Gasteiger partial charge in [-0.05, 0) is 43.5 Å². The highest BCUT2D eigenvalue weighted by Gasteiger charge is 2.35. The Kier molecular flexibility index (Phi) is 4.38. The Labute approximate surface area is 142 Å². The number of para-hydroxylation sites is 2. The SMILES string of the molecule is Cc1ccccc1N1CC(C(=O)Nc2c(C)cccc2C)CC1=O. The number of amides is 2. The van der Waals surface area contributed by atoms with E-state index in [1.807, 2.05) is 63.2 Å². The van der Waals surface area contributed by atoms with Crippen LogP contribution in [0.5, 0.6) is 0 Å². The van der Waals surface area contributed by atoms with Crippen molar-refractivity contribution >= 4 is 23.2 Å². The number of hydrogen-bond acceptors (Lipinski definition) is 2. The van der Waals surface area contributed by atoms with Crippen molar-refractivity contribution in [1.82, 2.24) is 0 Å². The molecule has 1 aliphatic rings. The van der Waals surface area contributed by atoms with Gasteiger partial charge in [-0.3, -0.25) is 9.59 Å². The molecule has 2 amide bonds. The fourth-order valence-electron chi connectivity index (χ4n) is 3.22. The minimum absolute atomic E-state index is 0.00551. The molecule has 0 aromatic heterocycles. The van der Waals surface area contributed by atoms with Crippen molar-refractivity contribution in [3.8, 4) is 0 Å². The number of hydrogen-bond donors (Lipinski definition) is 1. The predicted molar refractivity (Wildman–Crippen MR) is 96.2 cm³/mol. The molecule has 1 heterocycles. The second-order valence-corrected chi connectivity index (χ2v) is 6.45. The van der Waals surface area contributed by atoms with Gasteiger partial charge >= 0.3 is 0 Å². The molecule has 0 aliphatic carbocycles. The zero-order chi connectivity index (χ0) is 17.3. The molecular formula is C20H22N2O2. The number of benzene rings is 2. The maximum atomic E-state index is 12.6. The van der Waals surface area contributed by atoms with Crippen LogP contribution in [-0.2, 0) is 9.59 Å². The number of nitrogens with zero attached hydrogens (tertiary/aromatic N) is 1. The summed E-state index contributed by atoms with van der Waals surface area (Å²) in [5.41, 5.74) is 4.85. The molecule has 1 atom stereocenters. The standard InChI is InChI=1S/C20H22N2O2/c1-13-7-4-5-10-17(13)22-12-16(11-18(22)23)20(24)21-19-14(2)8-6-9-15(19)3/h4-10,16H,11-12H2,1-3H3,(H,21,24). The van der Waals surface area contributed by atoms with Gasteiger partial charge in [0.25, 0.3) is 0 Å². The van der Waals surface area contributed by atoms with Crippen LogP contribution in [-0.4, -0.2) is 18.4 Å². The van der Waals surface area contributed by atoms with Crippen LogP contribution in [0.1, 0.15) is 23.1 Å². The minimum Gasteiger partial charge on any atom is -0.325 e. The Hall–Kier alpha value is -2.62. The van der Waals surface area contributed by atoms with Gasteiger partial charge in [0, 0.05) is 24.3 Å². The smallest absolute Gasteiger partial charge is 0.229 e. The van der Waals surface area contributed by atoms with E-state index in [0.717, 1.165) is 28.1 Å². The average molecular weight is 322 g/mol. The van der Waals surface area contributed by atoms with Gasteiger partial charge in [-0.15, -0.1) is 0 Å². The molecule has 1 aliphatic heterocycles. The van der Waals surface area contributed by atoms with E-state index in [1.165, 1.54) is 0 Å². The lowest BCUT2D eigenvalue weighted by Gasteiger charge is -2.19. The van der Waals surface area contributed by atoms with Crippen molar-refractivity contribution in [2.75, 3.05) is 16.8 Å². The predicted octanol–water partition coefficient (Wildman–Crippen LogP) is 3.60. The summed E-state index contributed by atoms with van der Waals surface area (Å²) in [4.78, 5) is 26.7. The molecule has 4 nitrogen and oxygen atoms in total. The molecule has 124 valence electrons. The lowest BCUT2D eigenvalue weighted by molar-refractivity contribution is -0.122. The van der Waals surface area contributed by atoms with Crippen molar-refractivity contribution in [2.24, 2.45) is 5.92 Å². The molecule has 1 fully saturated rings. The Balaban J connectivity index is 1.76. The van der Waals surface area contributed by atoms with Crippen LogP contribution in [0.4, 0.5) is 11.4 Å². The van der Waals surface area contributed by atoms with Crippen molar-refractivity contribution in [3.05, 3.63) is 59.2 Å². The van der Waals surface area contributed by atoms with Crippen LogP contribution in [0.25, 0.3) is 0 Å². The Morgan fingerprint density at radius 3 is 2.29 bits per heavy atom. The Bertz CT molecular complexity index is 778. The van der Waals surface area contributed by atoms with E-state index < -0.39 is 0 Å². The molecule has 0 radical (unpaired) electrons. The first-order valence-electron chi connectivity index (χ1n) is 8.20. The van der Waals surface area contributed by atoms with Gasteiger partial charge in [-0.1, -0.05) is 36.4 Å². The van der Waals surface area contributed by atoms with Crippen LogP contribution in [0.2, 0.25) is 0 Å². The summed E-state index contributed by atoms with van der Waals surface area (Å²) in [6.07, 6.45) is 0.255. The largest absolute Gasteiger partial charge is 0.325 e. The maximum Gasteiger partial charge on any atom is 0.229 e. The van der Waals surface area contributed by atoms with E-state index >= 15 is 0 Å². The maximum absolute atomic E-state index is 12.6. The first-order valence-corrected chi connectivity index (χ1v) is 8.20. The zero-order valence-corrected chi connectivity index (χ0v) is 14.3. The third-order valence-corrected chi connectivity index (χ3v) is 4.63. The third kappa shape index (κ3) is 3.04. The second-order valence-electron chi connectivity index (χ2n) is 6.45. The molecule has 24 heavy (non-hydrogen) atoms. The molecule has 1 N–H and O–H groups in total. The number of carbonyl (C=O) groups excluding carboxylic acids is 2. The quantitative estimate of drug-likeness (QED) is 0.938. The molecule has 3 rings (SSSR count). The highest BCUT2D eigenvalue weighted by Crippen LogP contribution is 2.29. The summed E-state index contributed by atoms with van der Waals surface area (Å²) in [6.45, 7) is 6.36. The van der Waals surface area contributed by atoms with Gasteiger partial charge < -0.3 is 10.2 Å². The van der Waals surface area contributed by atoms with Crippen molar-refractivity contribution < 1.29 is 9.59 Å². The van der Waals surface area contributed by atoms with Crippen LogP contribution < -0.4 is 10.2 Å². The van der Waals surface area contributed by atoms with Gasteiger partial charge in [-0.2, -0.15) is 0 Å². The van der Waals surface area contributed by atoms with Gasteiger partial charge in [0.05, 0.1) is 5.92 Å². The van der Waals surface area contributed by atoms with Crippen LogP contribution in [0.3, 0.4) is 0 Å². The summed E-state index contributed by atoms with van der Waals surface area (Å²) >= 11 is 0. The molecule has 0 bridgehead atoms.